The average Bonchev–Trinajstić information content (AvgIpc) is 2.69. The van der Waals surface area contributed by atoms with E-state index in [9.17, 15) is 4.79 Å². The Kier molecular flexibility index (Phi) is 5.43. The van der Waals surface area contributed by atoms with Crippen molar-refractivity contribution in [2.24, 2.45) is 0 Å². The van der Waals surface area contributed by atoms with Crippen LogP contribution in [-0.4, -0.2) is 12.5 Å². The van der Waals surface area contributed by atoms with Gasteiger partial charge in [0.15, 0.2) is 0 Å². The number of para-hydroxylation sites is 1. The van der Waals surface area contributed by atoms with Gasteiger partial charge in [-0.05, 0) is 36.3 Å². The van der Waals surface area contributed by atoms with E-state index in [2.05, 4.69) is 0 Å². The highest BCUT2D eigenvalue weighted by Gasteiger charge is 2.19. The van der Waals surface area contributed by atoms with Gasteiger partial charge in [-0.15, -0.1) is 0 Å². The molecule has 3 aromatic rings. The second-order valence-corrected chi connectivity index (χ2v) is 5.72. The Hall–Kier alpha value is -3.13. The van der Waals surface area contributed by atoms with Crippen LogP contribution in [0.2, 0.25) is 0 Å². The van der Waals surface area contributed by atoms with Crippen LogP contribution < -0.4 is 4.90 Å². The third kappa shape index (κ3) is 4.04. The number of hydrogen-bond donors (Lipinski definition) is 0. The van der Waals surface area contributed by atoms with Crippen molar-refractivity contribution in [3.05, 3.63) is 102 Å². The zero-order chi connectivity index (χ0) is 17.5. The van der Waals surface area contributed by atoms with Gasteiger partial charge in [-0.1, -0.05) is 78.9 Å². The van der Waals surface area contributed by atoms with Crippen molar-refractivity contribution in [3.63, 3.8) is 0 Å². The third-order valence-electron chi connectivity index (χ3n) is 4.06. The number of likely N-dealkylation sites (N-methyl/N-ethyl adjacent to an activating group) is 1. The van der Waals surface area contributed by atoms with Crippen LogP contribution in [0.25, 0.3) is 11.6 Å². The zero-order valence-corrected chi connectivity index (χ0v) is 14.3. The molecule has 0 aliphatic rings. The molecule has 0 atom stereocenters. The minimum absolute atomic E-state index is 0.00348. The maximum atomic E-state index is 13.3. The highest BCUT2D eigenvalue weighted by Crippen LogP contribution is 2.24. The first kappa shape index (κ1) is 16.7. The summed E-state index contributed by atoms with van der Waals surface area (Å²) < 4.78 is 0. The van der Waals surface area contributed by atoms with E-state index in [1.54, 1.807) is 0 Å². The number of rotatable bonds is 5. The minimum Gasteiger partial charge on any atom is -0.309 e. The molecule has 0 spiro atoms. The van der Waals surface area contributed by atoms with Gasteiger partial charge in [0.1, 0.15) is 0 Å². The number of benzene rings is 3. The summed E-state index contributed by atoms with van der Waals surface area (Å²) in [5, 5.41) is 0. The fourth-order valence-corrected chi connectivity index (χ4v) is 2.80. The molecule has 3 aromatic carbocycles. The van der Waals surface area contributed by atoms with Crippen LogP contribution in [0.3, 0.4) is 0 Å². The van der Waals surface area contributed by atoms with E-state index in [-0.39, 0.29) is 5.91 Å². The molecule has 0 aliphatic heterocycles. The van der Waals surface area contributed by atoms with E-state index in [0.717, 1.165) is 16.8 Å². The van der Waals surface area contributed by atoms with Gasteiger partial charge in [-0.25, -0.2) is 0 Å². The Bertz CT molecular complexity index is 839. The van der Waals surface area contributed by atoms with Gasteiger partial charge in [0, 0.05) is 17.8 Å². The maximum absolute atomic E-state index is 13.3. The first-order chi connectivity index (χ1) is 12.3. The summed E-state index contributed by atoms with van der Waals surface area (Å²) in [7, 11) is 0. The molecule has 0 saturated heterocycles. The Morgan fingerprint density at radius 1 is 0.800 bits per heavy atom. The molecule has 0 bridgehead atoms. The molecule has 0 radical (unpaired) electrons. The van der Waals surface area contributed by atoms with Crippen molar-refractivity contribution < 1.29 is 4.79 Å². The average molecular weight is 327 g/mol. The van der Waals surface area contributed by atoms with Gasteiger partial charge in [0.05, 0.1) is 0 Å². The summed E-state index contributed by atoms with van der Waals surface area (Å²) in [6, 6.07) is 29.6. The van der Waals surface area contributed by atoms with Crippen molar-refractivity contribution in [1.29, 1.82) is 0 Å². The molecule has 0 aromatic heterocycles. The quantitative estimate of drug-likeness (QED) is 0.461. The SMILES string of the molecule is CCN(C(=O)/C(=C\c1ccccc1)c1ccccc1)c1ccccc1. The van der Waals surface area contributed by atoms with Gasteiger partial charge in [-0.2, -0.15) is 0 Å². The fourth-order valence-electron chi connectivity index (χ4n) is 2.80. The number of anilines is 1. The summed E-state index contributed by atoms with van der Waals surface area (Å²) >= 11 is 0. The summed E-state index contributed by atoms with van der Waals surface area (Å²) in [6.45, 7) is 2.61. The van der Waals surface area contributed by atoms with E-state index >= 15 is 0 Å². The third-order valence-corrected chi connectivity index (χ3v) is 4.06. The second-order valence-electron chi connectivity index (χ2n) is 5.72. The molecule has 0 heterocycles. The van der Waals surface area contributed by atoms with Crippen LogP contribution in [0, 0.1) is 0 Å². The molecule has 25 heavy (non-hydrogen) atoms. The van der Waals surface area contributed by atoms with Crippen LogP contribution in [0.4, 0.5) is 5.69 Å². The minimum atomic E-state index is 0.00348. The first-order valence-electron chi connectivity index (χ1n) is 8.48. The molecule has 0 unspecified atom stereocenters. The van der Waals surface area contributed by atoms with E-state index in [0.29, 0.717) is 12.1 Å². The lowest BCUT2D eigenvalue weighted by atomic mass is 10.0. The lowest BCUT2D eigenvalue weighted by Crippen LogP contribution is -2.31. The van der Waals surface area contributed by atoms with Crippen molar-refractivity contribution in [3.8, 4) is 0 Å². The molecule has 0 N–H and O–H groups in total. The lowest BCUT2D eigenvalue weighted by Gasteiger charge is -2.23. The highest BCUT2D eigenvalue weighted by molar-refractivity contribution is 6.30. The van der Waals surface area contributed by atoms with Crippen LogP contribution in [0.15, 0.2) is 91.0 Å². The smallest absolute Gasteiger partial charge is 0.258 e. The molecular weight excluding hydrogens is 306 g/mol. The van der Waals surface area contributed by atoms with Crippen LogP contribution in [-0.2, 0) is 4.79 Å². The molecule has 124 valence electrons. The van der Waals surface area contributed by atoms with E-state index in [1.807, 2.05) is 109 Å². The summed E-state index contributed by atoms with van der Waals surface area (Å²) in [4.78, 5) is 15.1. The van der Waals surface area contributed by atoms with E-state index in [4.69, 9.17) is 0 Å². The monoisotopic (exact) mass is 327 g/mol. The van der Waals surface area contributed by atoms with E-state index < -0.39 is 0 Å². The summed E-state index contributed by atoms with van der Waals surface area (Å²) in [5.74, 6) is 0.00348. The molecule has 0 saturated carbocycles. The normalized spacial score (nSPS) is 11.2. The van der Waals surface area contributed by atoms with Crippen molar-refractivity contribution in [2.45, 2.75) is 6.92 Å². The van der Waals surface area contributed by atoms with Crippen LogP contribution in [0.5, 0.6) is 0 Å². The van der Waals surface area contributed by atoms with Gasteiger partial charge in [0.2, 0.25) is 0 Å². The lowest BCUT2D eigenvalue weighted by molar-refractivity contribution is -0.113. The Morgan fingerprint density at radius 3 is 1.88 bits per heavy atom. The predicted octanol–water partition coefficient (Wildman–Crippen LogP) is 5.28. The van der Waals surface area contributed by atoms with Crippen molar-refractivity contribution >= 4 is 23.2 Å². The predicted molar refractivity (Wildman–Crippen MR) is 105 cm³/mol. The van der Waals surface area contributed by atoms with Crippen LogP contribution in [0.1, 0.15) is 18.1 Å². The van der Waals surface area contributed by atoms with Crippen molar-refractivity contribution in [1.82, 2.24) is 0 Å². The second kappa shape index (κ2) is 8.11. The molecule has 0 fully saturated rings. The number of nitrogens with zero attached hydrogens (tertiary/aromatic N) is 1. The number of amides is 1. The Labute approximate surface area is 149 Å². The van der Waals surface area contributed by atoms with Gasteiger partial charge >= 0.3 is 0 Å². The highest BCUT2D eigenvalue weighted by atomic mass is 16.2. The van der Waals surface area contributed by atoms with Crippen LogP contribution >= 0.6 is 0 Å². The van der Waals surface area contributed by atoms with Crippen molar-refractivity contribution in [2.75, 3.05) is 11.4 Å². The number of carbonyl (C=O) groups excluding carboxylic acids is 1. The number of hydrogen-bond acceptors (Lipinski definition) is 1. The summed E-state index contributed by atoms with van der Waals surface area (Å²) in [6.07, 6.45) is 1.96. The maximum Gasteiger partial charge on any atom is 0.258 e. The standard InChI is InChI=1S/C23H21NO/c1-2-24(21-16-10-5-11-17-21)23(25)22(20-14-8-4-9-15-20)18-19-12-6-3-7-13-19/h3-18H,2H2,1H3/b22-18-. The Balaban J connectivity index is 2.05. The van der Waals surface area contributed by atoms with Gasteiger partial charge in [0.25, 0.3) is 5.91 Å². The zero-order valence-electron chi connectivity index (χ0n) is 14.3. The molecule has 2 nitrogen and oxygen atoms in total. The van der Waals surface area contributed by atoms with E-state index in [1.165, 1.54) is 0 Å². The fraction of sp³-hybridized carbons (Fsp3) is 0.0870. The Morgan fingerprint density at radius 2 is 1.32 bits per heavy atom. The largest absolute Gasteiger partial charge is 0.309 e. The molecule has 1 amide bonds. The summed E-state index contributed by atoms with van der Waals surface area (Å²) in [5.41, 5.74) is 3.53. The first-order valence-corrected chi connectivity index (χ1v) is 8.48. The molecule has 0 aliphatic carbocycles. The molecule has 3 rings (SSSR count). The topological polar surface area (TPSA) is 20.3 Å². The van der Waals surface area contributed by atoms with Gasteiger partial charge < -0.3 is 4.90 Å². The molecular formula is C23H21NO. The van der Waals surface area contributed by atoms with Gasteiger partial charge in [-0.3, -0.25) is 4.79 Å². The molecule has 2 heteroatoms. The number of carbonyl (C=O) groups is 1.